The van der Waals surface area contributed by atoms with Crippen molar-refractivity contribution >= 4 is 5.95 Å². The van der Waals surface area contributed by atoms with E-state index >= 15 is 0 Å². The van der Waals surface area contributed by atoms with Crippen LogP contribution in [0.3, 0.4) is 0 Å². The molecule has 2 N–H and O–H groups in total. The predicted octanol–water partition coefficient (Wildman–Crippen LogP) is 1.85. The van der Waals surface area contributed by atoms with Crippen LogP contribution >= 0.6 is 0 Å². The predicted molar refractivity (Wildman–Crippen MR) is 88.4 cm³/mol. The van der Waals surface area contributed by atoms with E-state index in [2.05, 4.69) is 51.4 Å². The molecule has 0 bridgehead atoms. The molecule has 0 aliphatic heterocycles. The molecular weight excluding hydrogens is 304 g/mol. The fraction of sp³-hybridized carbons (Fsp3) is 0.412. The fourth-order valence-corrected chi connectivity index (χ4v) is 3.40. The summed E-state index contributed by atoms with van der Waals surface area (Å²) in [4.78, 5) is 8.71. The lowest BCUT2D eigenvalue weighted by Gasteiger charge is -2.17. The lowest BCUT2D eigenvalue weighted by atomic mass is 9.87. The van der Waals surface area contributed by atoms with Crippen molar-refractivity contribution in [3.8, 4) is 0 Å². The first-order valence-corrected chi connectivity index (χ1v) is 8.10. The molecule has 4 rings (SSSR count). The second-order valence-electron chi connectivity index (χ2n) is 6.69. The van der Waals surface area contributed by atoms with Gasteiger partial charge in [0.15, 0.2) is 5.82 Å². The van der Waals surface area contributed by atoms with E-state index < -0.39 is 0 Å². The number of nitrogen functional groups attached to an aromatic ring is 1. The van der Waals surface area contributed by atoms with Crippen molar-refractivity contribution < 1.29 is 4.52 Å². The van der Waals surface area contributed by atoms with Gasteiger partial charge in [0.05, 0.1) is 12.0 Å². The van der Waals surface area contributed by atoms with Crippen molar-refractivity contribution in [1.29, 1.82) is 0 Å². The number of fused-ring (bicyclic) bond motifs is 1. The van der Waals surface area contributed by atoms with Gasteiger partial charge in [-0.25, -0.2) is 4.68 Å². The van der Waals surface area contributed by atoms with Gasteiger partial charge in [0.25, 0.3) is 0 Å². The Balaban J connectivity index is 1.48. The molecule has 0 unspecified atom stereocenters. The minimum Gasteiger partial charge on any atom is -0.368 e. The van der Waals surface area contributed by atoms with Crippen LogP contribution in [0.4, 0.5) is 5.95 Å². The Morgan fingerprint density at radius 3 is 2.54 bits per heavy atom. The maximum absolute atomic E-state index is 5.81. The number of rotatable bonds is 4. The molecule has 1 aliphatic rings. The van der Waals surface area contributed by atoms with Gasteiger partial charge in [-0.1, -0.05) is 36.3 Å². The molecule has 124 valence electrons. The minimum atomic E-state index is -0.127. The minimum absolute atomic E-state index is 0.127. The summed E-state index contributed by atoms with van der Waals surface area (Å²) in [6.07, 6.45) is 2.47. The van der Waals surface area contributed by atoms with E-state index in [0.29, 0.717) is 36.5 Å². The van der Waals surface area contributed by atoms with Crippen LogP contribution in [-0.2, 0) is 31.2 Å². The van der Waals surface area contributed by atoms with Crippen molar-refractivity contribution in [3.63, 3.8) is 0 Å². The van der Waals surface area contributed by atoms with Gasteiger partial charge in [-0.05, 0) is 30.9 Å². The number of hydrogen-bond acceptors (Lipinski definition) is 6. The van der Waals surface area contributed by atoms with Crippen LogP contribution in [0, 0.1) is 6.92 Å². The largest absolute Gasteiger partial charge is 0.368 e. The van der Waals surface area contributed by atoms with Gasteiger partial charge in [-0.15, -0.1) is 0 Å². The first-order valence-electron chi connectivity index (χ1n) is 8.10. The fourth-order valence-electron chi connectivity index (χ4n) is 3.40. The Morgan fingerprint density at radius 1 is 1.21 bits per heavy atom. The third-order valence-electron chi connectivity index (χ3n) is 4.62. The Hall–Kier alpha value is -2.70. The van der Waals surface area contributed by atoms with Crippen molar-refractivity contribution in [1.82, 2.24) is 24.9 Å². The zero-order valence-corrected chi connectivity index (χ0v) is 13.9. The molecule has 0 amide bonds. The van der Waals surface area contributed by atoms with Gasteiger partial charge >= 0.3 is 0 Å². The Morgan fingerprint density at radius 2 is 1.92 bits per heavy atom. The van der Waals surface area contributed by atoms with Crippen LogP contribution < -0.4 is 5.73 Å². The molecule has 1 aromatic carbocycles. The molecule has 24 heavy (non-hydrogen) atoms. The number of anilines is 1. The van der Waals surface area contributed by atoms with E-state index in [9.17, 15) is 0 Å². The number of benzene rings is 1. The summed E-state index contributed by atoms with van der Waals surface area (Å²) >= 11 is 0. The maximum Gasteiger partial charge on any atom is 0.233 e. The van der Waals surface area contributed by atoms with Crippen LogP contribution in [0.25, 0.3) is 0 Å². The highest BCUT2D eigenvalue weighted by Crippen LogP contribution is 2.38. The summed E-state index contributed by atoms with van der Waals surface area (Å²) < 4.78 is 7.23. The third-order valence-corrected chi connectivity index (χ3v) is 4.62. The van der Waals surface area contributed by atoms with Gasteiger partial charge < -0.3 is 10.3 Å². The Kier molecular flexibility index (Phi) is 3.37. The molecule has 1 aliphatic carbocycles. The zero-order valence-electron chi connectivity index (χ0n) is 13.9. The quantitative estimate of drug-likeness (QED) is 0.787. The summed E-state index contributed by atoms with van der Waals surface area (Å²) in [7, 11) is 0. The van der Waals surface area contributed by atoms with E-state index in [-0.39, 0.29) is 5.41 Å². The topological polar surface area (TPSA) is 95.7 Å². The molecule has 0 radical (unpaired) electrons. The highest BCUT2D eigenvalue weighted by molar-refractivity contribution is 5.37. The number of hydrogen-bond donors (Lipinski definition) is 1. The first kappa shape index (κ1) is 14.9. The van der Waals surface area contributed by atoms with Gasteiger partial charge in [-0.3, -0.25) is 0 Å². The zero-order chi connectivity index (χ0) is 16.7. The summed E-state index contributed by atoms with van der Waals surface area (Å²) in [5.41, 5.74) is 8.41. The molecule has 0 spiro atoms. The van der Waals surface area contributed by atoms with Crippen LogP contribution in [0.5, 0.6) is 0 Å². The number of aromatic nitrogens is 5. The Labute approximate surface area is 139 Å². The second-order valence-corrected chi connectivity index (χ2v) is 6.69. The monoisotopic (exact) mass is 324 g/mol. The van der Waals surface area contributed by atoms with E-state index in [1.807, 2.05) is 6.92 Å². The summed E-state index contributed by atoms with van der Waals surface area (Å²) in [6.45, 7) is 4.59. The smallest absolute Gasteiger partial charge is 0.233 e. The maximum atomic E-state index is 5.81. The highest BCUT2D eigenvalue weighted by atomic mass is 16.5. The summed E-state index contributed by atoms with van der Waals surface area (Å²) in [5.74, 6) is 2.46. The van der Waals surface area contributed by atoms with Gasteiger partial charge in [-0.2, -0.15) is 15.1 Å². The van der Waals surface area contributed by atoms with Crippen molar-refractivity contribution in [3.05, 3.63) is 52.9 Å². The standard InChI is InChI=1S/C17H20N6O/c1-11-19-16(18)23(21-11)8-7-14-20-15(24-22-14)17(2)9-12-5-3-4-6-13(12)10-17/h3-6H,7-10H2,1-2H3,(H2,18,19,21). The lowest BCUT2D eigenvalue weighted by Crippen LogP contribution is -2.22. The third kappa shape index (κ3) is 2.55. The van der Waals surface area contributed by atoms with Gasteiger partial charge in [0, 0.05) is 6.42 Å². The second kappa shape index (κ2) is 5.43. The van der Waals surface area contributed by atoms with Crippen LogP contribution in [0.2, 0.25) is 0 Å². The first-order chi connectivity index (χ1) is 11.5. The van der Waals surface area contributed by atoms with Crippen LogP contribution in [-0.4, -0.2) is 24.9 Å². The number of nitrogens with two attached hydrogens (primary N) is 1. The Bertz CT molecular complexity index is 856. The van der Waals surface area contributed by atoms with Gasteiger partial charge in [0.1, 0.15) is 5.82 Å². The molecule has 2 aromatic heterocycles. The lowest BCUT2D eigenvalue weighted by molar-refractivity contribution is 0.297. The van der Waals surface area contributed by atoms with E-state index in [1.165, 1.54) is 11.1 Å². The molecule has 2 heterocycles. The van der Waals surface area contributed by atoms with Crippen LogP contribution in [0.1, 0.15) is 35.6 Å². The SMILES string of the molecule is Cc1nc(N)n(CCc2noc(C3(C)Cc4ccccc4C3)n2)n1. The summed E-state index contributed by atoms with van der Waals surface area (Å²) in [5, 5.41) is 8.38. The molecule has 7 heteroatoms. The molecule has 0 saturated heterocycles. The average molecular weight is 324 g/mol. The molecule has 7 nitrogen and oxygen atoms in total. The van der Waals surface area contributed by atoms with Crippen molar-refractivity contribution in [2.75, 3.05) is 5.73 Å². The number of nitrogens with zero attached hydrogens (tertiary/aromatic N) is 5. The average Bonchev–Trinajstić information content (AvgIpc) is 3.22. The van der Waals surface area contributed by atoms with Gasteiger partial charge in [0.2, 0.25) is 11.8 Å². The van der Waals surface area contributed by atoms with E-state index in [1.54, 1.807) is 4.68 Å². The molecular formula is C17H20N6O. The summed E-state index contributed by atoms with van der Waals surface area (Å²) in [6, 6.07) is 8.50. The molecule has 0 fully saturated rings. The van der Waals surface area contributed by atoms with E-state index in [0.717, 1.165) is 12.8 Å². The normalized spacial score (nSPS) is 15.6. The van der Waals surface area contributed by atoms with Crippen LogP contribution in [0.15, 0.2) is 28.8 Å². The van der Waals surface area contributed by atoms with E-state index in [4.69, 9.17) is 10.3 Å². The molecule has 0 atom stereocenters. The molecule has 3 aromatic rings. The molecule has 0 saturated carbocycles. The van der Waals surface area contributed by atoms with Crippen molar-refractivity contribution in [2.24, 2.45) is 0 Å². The van der Waals surface area contributed by atoms with Crippen molar-refractivity contribution in [2.45, 2.75) is 45.1 Å². The number of aryl methyl sites for hydroxylation is 3. The highest BCUT2D eigenvalue weighted by Gasteiger charge is 2.39.